The number of ether oxygens (including phenoxy) is 2. The van der Waals surface area contributed by atoms with Gasteiger partial charge in [-0.2, -0.15) is 0 Å². The lowest BCUT2D eigenvalue weighted by atomic mass is 10.0. The minimum atomic E-state index is -1.04. The highest BCUT2D eigenvalue weighted by molar-refractivity contribution is 5.90. The van der Waals surface area contributed by atoms with E-state index in [1.54, 1.807) is 50.4 Å². The van der Waals surface area contributed by atoms with Crippen LogP contribution in [0.25, 0.3) is 11.5 Å². The molecule has 3 N–H and O–H groups in total. The van der Waals surface area contributed by atoms with Crippen molar-refractivity contribution in [2.75, 3.05) is 26.8 Å². The fourth-order valence-corrected chi connectivity index (χ4v) is 5.23. The number of methoxy groups -OCH3 is 1. The molecule has 45 heavy (non-hydrogen) atoms. The molecule has 11 heteroatoms. The number of nitrogens with zero attached hydrogens (tertiary/aromatic N) is 2. The van der Waals surface area contributed by atoms with Gasteiger partial charge in [0.05, 0.1) is 32.4 Å². The number of aromatic nitrogens is 1. The summed E-state index contributed by atoms with van der Waals surface area (Å²) in [4.78, 5) is 45.3. The number of fused-ring (bicyclic) bond motifs is 5. The predicted molar refractivity (Wildman–Crippen MR) is 166 cm³/mol. The van der Waals surface area contributed by atoms with E-state index in [-0.39, 0.29) is 43.4 Å². The number of carboxylic acid groups (broad SMARTS) is 1. The van der Waals surface area contributed by atoms with Crippen LogP contribution in [0, 0.1) is 6.92 Å². The molecule has 4 aromatic rings. The molecule has 0 unspecified atom stereocenters. The van der Waals surface area contributed by atoms with E-state index in [0.29, 0.717) is 59.5 Å². The molecule has 0 saturated carbocycles. The quantitative estimate of drug-likeness (QED) is 0.295. The van der Waals surface area contributed by atoms with Gasteiger partial charge in [0.25, 0.3) is 0 Å². The number of carbonyl (C=O) groups is 3. The molecule has 234 valence electrons. The van der Waals surface area contributed by atoms with Gasteiger partial charge in [-0.3, -0.25) is 14.5 Å². The summed E-state index contributed by atoms with van der Waals surface area (Å²) in [6, 6.07) is 20.7. The maximum Gasteiger partial charge on any atom is 0.336 e. The van der Waals surface area contributed by atoms with Gasteiger partial charge < -0.3 is 29.6 Å². The van der Waals surface area contributed by atoms with E-state index >= 15 is 0 Å². The van der Waals surface area contributed by atoms with Crippen LogP contribution in [0.15, 0.2) is 77.2 Å². The van der Waals surface area contributed by atoms with Crippen LogP contribution in [0.2, 0.25) is 0 Å². The molecule has 0 saturated heterocycles. The van der Waals surface area contributed by atoms with Gasteiger partial charge in [0.1, 0.15) is 17.5 Å². The predicted octanol–water partition coefficient (Wildman–Crippen LogP) is 3.99. The number of carboxylic acids is 1. The van der Waals surface area contributed by atoms with Gasteiger partial charge in [0, 0.05) is 25.1 Å². The molecule has 1 aromatic heterocycles. The standard InChI is InChI=1S/C34H36N4O7/c1-22-28-19-35-32(40)27(17-23-9-4-3-5-10-23)36-31(39)21-38(20-25-11-6-7-12-26(25)34(41)42)15-8-16-44-30-18-24(33(37-28)45-22)13-14-29(30)43-2/h3-7,9-14,18,27H,8,15-17,19-21H2,1-2H3,(H,35,40)(H,36,39)(H,41,42)/t27-/m1/s1. The Hall–Kier alpha value is -5.16. The molecule has 4 bridgehead atoms. The van der Waals surface area contributed by atoms with Crippen LogP contribution in [0.3, 0.4) is 0 Å². The zero-order valence-corrected chi connectivity index (χ0v) is 25.2. The van der Waals surface area contributed by atoms with E-state index < -0.39 is 12.0 Å². The van der Waals surface area contributed by atoms with Crippen LogP contribution in [0.4, 0.5) is 0 Å². The first-order valence-electron chi connectivity index (χ1n) is 14.7. The van der Waals surface area contributed by atoms with E-state index in [2.05, 4.69) is 15.6 Å². The van der Waals surface area contributed by atoms with Gasteiger partial charge in [0.2, 0.25) is 17.7 Å². The Balaban J connectivity index is 1.45. The number of hydrogen-bond donors (Lipinski definition) is 3. The monoisotopic (exact) mass is 612 g/mol. The Morgan fingerprint density at radius 1 is 1.09 bits per heavy atom. The second kappa shape index (κ2) is 14.5. The molecule has 1 aliphatic heterocycles. The second-order valence-electron chi connectivity index (χ2n) is 10.8. The van der Waals surface area contributed by atoms with Crippen molar-refractivity contribution < 1.29 is 33.4 Å². The number of hydrogen-bond acceptors (Lipinski definition) is 8. The Labute approximate surface area is 261 Å². The summed E-state index contributed by atoms with van der Waals surface area (Å²) in [5.41, 5.74) is 2.88. The van der Waals surface area contributed by atoms with Crippen molar-refractivity contribution in [2.24, 2.45) is 0 Å². The lowest BCUT2D eigenvalue weighted by molar-refractivity contribution is -0.129. The number of amides is 2. The molecule has 11 nitrogen and oxygen atoms in total. The largest absolute Gasteiger partial charge is 0.493 e. The normalized spacial score (nSPS) is 16.4. The van der Waals surface area contributed by atoms with Gasteiger partial charge in [-0.1, -0.05) is 48.5 Å². The smallest absolute Gasteiger partial charge is 0.336 e. The van der Waals surface area contributed by atoms with Gasteiger partial charge in [-0.25, -0.2) is 9.78 Å². The van der Waals surface area contributed by atoms with Crippen LogP contribution in [0.1, 0.15) is 39.4 Å². The number of carbonyl (C=O) groups excluding carboxylic acids is 2. The SMILES string of the molecule is COc1ccc2cc1OCCCN(Cc1ccccc1C(=O)O)CC(=O)N[C@H](Cc1ccccc1)C(=O)NCc1nc-2oc1C. The van der Waals surface area contributed by atoms with Gasteiger partial charge in [-0.05, 0) is 48.7 Å². The van der Waals surface area contributed by atoms with E-state index in [1.165, 1.54) is 0 Å². The number of aryl methyl sites for hydroxylation is 1. The van der Waals surface area contributed by atoms with Crippen molar-refractivity contribution >= 4 is 17.8 Å². The molecular weight excluding hydrogens is 576 g/mol. The Morgan fingerprint density at radius 3 is 2.64 bits per heavy atom. The van der Waals surface area contributed by atoms with Crippen LogP contribution in [0.5, 0.6) is 11.5 Å². The van der Waals surface area contributed by atoms with Crippen LogP contribution in [-0.4, -0.2) is 65.6 Å². The number of oxazole rings is 1. The zero-order chi connectivity index (χ0) is 31.8. The fraction of sp³-hybridized carbons (Fsp3) is 0.294. The molecule has 2 amide bonds. The van der Waals surface area contributed by atoms with Gasteiger partial charge in [0.15, 0.2) is 11.5 Å². The van der Waals surface area contributed by atoms with E-state index in [1.807, 2.05) is 41.3 Å². The minimum Gasteiger partial charge on any atom is -0.493 e. The van der Waals surface area contributed by atoms with Crippen molar-refractivity contribution in [1.29, 1.82) is 0 Å². The molecule has 0 radical (unpaired) electrons. The molecule has 3 aromatic carbocycles. The summed E-state index contributed by atoms with van der Waals surface area (Å²) < 4.78 is 17.5. The van der Waals surface area contributed by atoms with Crippen LogP contribution < -0.4 is 20.1 Å². The van der Waals surface area contributed by atoms with E-state index in [0.717, 1.165) is 5.56 Å². The Kier molecular flexibility index (Phi) is 10.1. The maximum absolute atomic E-state index is 13.5. The first-order valence-corrected chi connectivity index (χ1v) is 14.7. The molecular formula is C34H36N4O7. The lowest BCUT2D eigenvalue weighted by Crippen LogP contribution is -2.50. The summed E-state index contributed by atoms with van der Waals surface area (Å²) in [5, 5.41) is 15.5. The molecule has 0 fully saturated rings. The average molecular weight is 613 g/mol. The number of benzene rings is 3. The third kappa shape index (κ3) is 8.07. The van der Waals surface area contributed by atoms with Crippen LogP contribution >= 0.6 is 0 Å². The van der Waals surface area contributed by atoms with Crippen molar-refractivity contribution in [3.05, 3.63) is 101 Å². The Bertz CT molecular complexity index is 1650. The topological polar surface area (TPSA) is 143 Å². The van der Waals surface area contributed by atoms with Gasteiger partial charge in [-0.15, -0.1) is 0 Å². The highest BCUT2D eigenvalue weighted by atomic mass is 16.5. The van der Waals surface area contributed by atoms with E-state index in [4.69, 9.17) is 13.9 Å². The summed E-state index contributed by atoms with van der Waals surface area (Å²) in [5.74, 6) is 0.214. The minimum absolute atomic E-state index is 0.0584. The summed E-state index contributed by atoms with van der Waals surface area (Å²) in [7, 11) is 1.56. The van der Waals surface area contributed by atoms with Crippen LogP contribution in [-0.2, 0) is 29.1 Å². The number of aromatic carboxylic acids is 1. The summed E-state index contributed by atoms with van der Waals surface area (Å²) >= 11 is 0. The summed E-state index contributed by atoms with van der Waals surface area (Å²) in [6.45, 7) is 2.76. The third-order valence-corrected chi connectivity index (χ3v) is 7.55. The zero-order valence-electron chi connectivity index (χ0n) is 25.2. The van der Waals surface area contributed by atoms with E-state index in [9.17, 15) is 19.5 Å². The molecule has 1 atom stereocenters. The Morgan fingerprint density at radius 2 is 1.87 bits per heavy atom. The summed E-state index contributed by atoms with van der Waals surface area (Å²) in [6.07, 6.45) is 0.803. The number of nitrogens with one attached hydrogen (secondary N) is 2. The van der Waals surface area contributed by atoms with Crippen molar-refractivity contribution in [3.8, 4) is 23.0 Å². The molecule has 5 rings (SSSR count). The highest BCUT2D eigenvalue weighted by Crippen LogP contribution is 2.33. The first kappa shape index (κ1) is 31.3. The van der Waals surface area contributed by atoms with Gasteiger partial charge >= 0.3 is 5.97 Å². The lowest BCUT2D eigenvalue weighted by Gasteiger charge is -2.25. The maximum atomic E-state index is 13.5. The molecule has 2 heterocycles. The molecule has 1 aliphatic rings. The van der Waals surface area contributed by atoms with Crippen molar-refractivity contribution in [2.45, 2.75) is 38.9 Å². The second-order valence-corrected chi connectivity index (χ2v) is 10.8. The van der Waals surface area contributed by atoms with Crippen molar-refractivity contribution in [3.63, 3.8) is 0 Å². The fourth-order valence-electron chi connectivity index (χ4n) is 5.23. The third-order valence-electron chi connectivity index (χ3n) is 7.55. The average Bonchev–Trinajstić information content (AvgIpc) is 3.41. The molecule has 0 aliphatic carbocycles. The highest BCUT2D eigenvalue weighted by Gasteiger charge is 2.24. The number of rotatable bonds is 6. The van der Waals surface area contributed by atoms with Crippen molar-refractivity contribution in [1.82, 2.24) is 20.5 Å². The molecule has 0 spiro atoms. The first-order chi connectivity index (χ1) is 21.8.